The highest BCUT2D eigenvalue weighted by Gasteiger charge is 2.13. The monoisotopic (exact) mass is 170 g/mol. The number of aromatic hydroxyl groups is 1. The Kier molecular flexibility index (Phi) is 2.38. The fourth-order valence-electron chi connectivity index (χ4n) is 0.705. The lowest BCUT2D eigenvalue weighted by Crippen LogP contribution is -2.10. The lowest BCUT2D eigenvalue weighted by Gasteiger charge is -2.04. The largest absolute Gasteiger partial charge is 0.505 e. The maximum atomic E-state index is 11.0. The van der Waals surface area contributed by atoms with Gasteiger partial charge in [-0.05, 0) is 13.8 Å². The van der Waals surface area contributed by atoms with Crippen LogP contribution in [0.4, 0.5) is 0 Å². The molecule has 0 amide bonds. The van der Waals surface area contributed by atoms with Gasteiger partial charge in [0.1, 0.15) is 6.26 Å². The van der Waals surface area contributed by atoms with E-state index in [1.54, 1.807) is 13.8 Å². The fourth-order valence-corrected chi connectivity index (χ4v) is 0.705. The second-order valence-corrected chi connectivity index (χ2v) is 2.62. The lowest BCUT2D eigenvalue weighted by molar-refractivity contribution is 0.0341. The van der Waals surface area contributed by atoms with E-state index >= 15 is 0 Å². The highest BCUT2D eigenvalue weighted by atomic mass is 16.6. The van der Waals surface area contributed by atoms with Crippen molar-refractivity contribution < 1.29 is 19.1 Å². The average molecular weight is 170 g/mol. The van der Waals surface area contributed by atoms with E-state index in [4.69, 9.17) is 14.3 Å². The molecule has 0 saturated heterocycles. The number of hydrogen-bond acceptors (Lipinski definition) is 4. The summed E-state index contributed by atoms with van der Waals surface area (Å²) in [6.07, 6.45) is 0.890. The second-order valence-electron chi connectivity index (χ2n) is 2.62. The zero-order valence-electron chi connectivity index (χ0n) is 6.90. The van der Waals surface area contributed by atoms with Crippen LogP contribution in [0.1, 0.15) is 24.4 Å². The third-order valence-electron chi connectivity index (χ3n) is 1.13. The molecule has 0 bridgehead atoms. The van der Waals surface area contributed by atoms with Crippen LogP contribution in [0.3, 0.4) is 0 Å². The first-order valence-corrected chi connectivity index (χ1v) is 3.58. The smallest absolute Gasteiger partial charge is 0.374 e. The number of hydrogen-bond donors (Lipinski definition) is 1. The van der Waals surface area contributed by atoms with Crippen LogP contribution in [0.5, 0.6) is 5.75 Å². The molecule has 66 valence electrons. The molecule has 12 heavy (non-hydrogen) atoms. The minimum atomic E-state index is -0.565. The Morgan fingerprint density at radius 2 is 2.33 bits per heavy atom. The Labute approximate surface area is 69.8 Å². The van der Waals surface area contributed by atoms with Crippen LogP contribution in [0, 0.1) is 0 Å². The number of carbonyl (C=O) groups excluding carboxylic acids is 1. The van der Waals surface area contributed by atoms with Crippen LogP contribution < -0.4 is 0 Å². The lowest BCUT2D eigenvalue weighted by atomic mass is 10.4. The van der Waals surface area contributed by atoms with Gasteiger partial charge in [-0.25, -0.2) is 4.79 Å². The second kappa shape index (κ2) is 3.30. The van der Waals surface area contributed by atoms with Crippen molar-refractivity contribution in [3.8, 4) is 5.75 Å². The number of carbonyl (C=O) groups is 1. The molecule has 4 nitrogen and oxygen atoms in total. The van der Waals surface area contributed by atoms with Crippen molar-refractivity contribution in [2.24, 2.45) is 0 Å². The van der Waals surface area contributed by atoms with Gasteiger partial charge in [0.25, 0.3) is 0 Å². The van der Waals surface area contributed by atoms with Crippen molar-refractivity contribution in [2.45, 2.75) is 20.0 Å². The van der Waals surface area contributed by atoms with Crippen molar-refractivity contribution in [2.75, 3.05) is 0 Å². The van der Waals surface area contributed by atoms with E-state index in [1.807, 2.05) is 0 Å². The molecule has 4 heteroatoms. The molecule has 1 aromatic heterocycles. The minimum Gasteiger partial charge on any atom is -0.505 e. The van der Waals surface area contributed by atoms with Gasteiger partial charge in [-0.15, -0.1) is 0 Å². The van der Waals surface area contributed by atoms with Gasteiger partial charge in [-0.1, -0.05) is 0 Å². The standard InChI is InChI=1S/C8H10O4/c1-5(2)12-8(10)7-3-6(9)4-11-7/h3-5,9H,1-2H3. The van der Waals surface area contributed by atoms with E-state index in [2.05, 4.69) is 0 Å². The van der Waals surface area contributed by atoms with Crippen LogP contribution in [-0.4, -0.2) is 17.2 Å². The molecular weight excluding hydrogens is 160 g/mol. The molecule has 0 unspecified atom stereocenters. The normalized spacial score (nSPS) is 10.2. The predicted octanol–water partition coefficient (Wildman–Crippen LogP) is 1.55. The summed E-state index contributed by atoms with van der Waals surface area (Å²) in [6.45, 7) is 3.47. The van der Waals surface area contributed by atoms with E-state index in [0.717, 1.165) is 6.26 Å². The topological polar surface area (TPSA) is 59.7 Å². The van der Waals surface area contributed by atoms with Crippen molar-refractivity contribution >= 4 is 5.97 Å². The molecule has 0 aromatic carbocycles. The molecule has 0 aliphatic carbocycles. The average Bonchev–Trinajstić information content (AvgIpc) is 2.34. The quantitative estimate of drug-likeness (QED) is 0.684. The SMILES string of the molecule is CC(C)OC(=O)c1cc(O)co1. The van der Waals surface area contributed by atoms with Gasteiger partial charge >= 0.3 is 5.97 Å². The first-order valence-electron chi connectivity index (χ1n) is 3.58. The summed E-state index contributed by atoms with van der Waals surface area (Å²) >= 11 is 0. The van der Waals surface area contributed by atoms with Gasteiger partial charge in [0.2, 0.25) is 5.76 Å². The highest BCUT2D eigenvalue weighted by molar-refractivity contribution is 5.86. The Balaban J connectivity index is 2.65. The number of rotatable bonds is 2. The van der Waals surface area contributed by atoms with Gasteiger partial charge in [0.05, 0.1) is 6.10 Å². The molecule has 1 rings (SSSR count). The third kappa shape index (κ3) is 2.02. The Morgan fingerprint density at radius 1 is 1.67 bits per heavy atom. The minimum absolute atomic E-state index is 0.0150. The molecule has 0 aliphatic heterocycles. The van der Waals surface area contributed by atoms with E-state index in [9.17, 15) is 4.79 Å². The van der Waals surface area contributed by atoms with Gasteiger partial charge in [0.15, 0.2) is 5.75 Å². The molecule has 0 fully saturated rings. The molecule has 0 atom stereocenters. The van der Waals surface area contributed by atoms with Crippen LogP contribution in [0.25, 0.3) is 0 Å². The zero-order valence-corrected chi connectivity index (χ0v) is 6.90. The Bertz CT molecular complexity index is 274. The van der Waals surface area contributed by atoms with Crippen molar-refractivity contribution in [3.05, 3.63) is 18.1 Å². The van der Waals surface area contributed by atoms with E-state index in [1.165, 1.54) is 6.07 Å². The van der Waals surface area contributed by atoms with Gasteiger partial charge < -0.3 is 14.3 Å². The van der Waals surface area contributed by atoms with E-state index in [-0.39, 0.29) is 17.6 Å². The van der Waals surface area contributed by atoms with Crippen LogP contribution in [-0.2, 0) is 4.74 Å². The molecule has 1 aromatic rings. The van der Waals surface area contributed by atoms with Crippen LogP contribution in [0.2, 0.25) is 0 Å². The maximum absolute atomic E-state index is 11.0. The van der Waals surface area contributed by atoms with Crippen LogP contribution in [0.15, 0.2) is 16.7 Å². The molecule has 1 N–H and O–H groups in total. The fraction of sp³-hybridized carbons (Fsp3) is 0.375. The Hall–Kier alpha value is -1.45. The van der Waals surface area contributed by atoms with E-state index in [0.29, 0.717) is 0 Å². The summed E-state index contributed by atoms with van der Waals surface area (Å²) in [5.74, 6) is -0.628. The maximum Gasteiger partial charge on any atom is 0.374 e. The van der Waals surface area contributed by atoms with E-state index < -0.39 is 5.97 Å². The number of furan rings is 1. The summed E-state index contributed by atoms with van der Waals surface area (Å²) in [4.78, 5) is 11.0. The van der Waals surface area contributed by atoms with Crippen molar-refractivity contribution in [3.63, 3.8) is 0 Å². The Morgan fingerprint density at radius 3 is 2.75 bits per heavy atom. The van der Waals surface area contributed by atoms with Crippen LogP contribution >= 0.6 is 0 Å². The summed E-state index contributed by atoms with van der Waals surface area (Å²) in [5, 5.41) is 8.83. The summed E-state index contributed by atoms with van der Waals surface area (Å²) in [6, 6.07) is 1.21. The highest BCUT2D eigenvalue weighted by Crippen LogP contribution is 2.14. The molecule has 0 saturated carbocycles. The molecule has 0 radical (unpaired) electrons. The zero-order chi connectivity index (χ0) is 9.14. The van der Waals surface area contributed by atoms with Gasteiger partial charge in [-0.3, -0.25) is 0 Å². The van der Waals surface area contributed by atoms with Gasteiger partial charge in [0, 0.05) is 6.07 Å². The van der Waals surface area contributed by atoms with Crippen molar-refractivity contribution in [1.29, 1.82) is 0 Å². The summed E-state index contributed by atoms with van der Waals surface area (Å²) in [7, 11) is 0. The first-order chi connectivity index (χ1) is 5.59. The number of ether oxygens (including phenoxy) is 1. The van der Waals surface area contributed by atoms with Gasteiger partial charge in [-0.2, -0.15) is 0 Å². The molecule has 1 heterocycles. The number of esters is 1. The third-order valence-corrected chi connectivity index (χ3v) is 1.13. The first kappa shape index (κ1) is 8.64. The van der Waals surface area contributed by atoms with Crippen molar-refractivity contribution in [1.82, 2.24) is 0 Å². The summed E-state index contributed by atoms with van der Waals surface area (Å²) < 4.78 is 9.51. The molecule has 0 spiro atoms. The predicted molar refractivity (Wildman–Crippen MR) is 40.9 cm³/mol. The molecular formula is C8H10O4. The molecule has 0 aliphatic rings. The summed E-state index contributed by atoms with van der Waals surface area (Å²) in [5.41, 5.74) is 0.